The summed E-state index contributed by atoms with van der Waals surface area (Å²) in [6.45, 7) is 15.2. The Morgan fingerprint density at radius 1 is 0.531 bits per heavy atom. The van der Waals surface area contributed by atoms with E-state index in [4.69, 9.17) is 28.1 Å². The first kappa shape index (κ1) is 29.0. The molecule has 8 rings (SSSR count). The lowest BCUT2D eigenvalue weighted by molar-refractivity contribution is 1.06. The fourth-order valence-electron chi connectivity index (χ4n) is 6.23. The standard InChI is InChI=1S/C42H23N7/c1-44-31-19-21-32(36(25-31)45-2)30-18-22-38-35(24-30)33-15-9-10-16-37(33)49(38)39-23-27(26-43)17-20-34(39)42-47-40(28-11-5-3-6-12-28)46-41(48-42)29-13-7-4-8-14-29/h3-25H. The molecule has 6 aromatic carbocycles. The molecule has 7 nitrogen and oxygen atoms in total. The van der Waals surface area contributed by atoms with Gasteiger partial charge in [0, 0.05) is 27.5 Å². The van der Waals surface area contributed by atoms with Crippen molar-refractivity contribution < 1.29 is 0 Å². The smallest absolute Gasteiger partial charge is 0.184 e. The minimum Gasteiger partial charge on any atom is -0.308 e. The molecule has 0 spiro atoms. The van der Waals surface area contributed by atoms with Crippen molar-refractivity contribution in [1.82, 2.24) is 19.5 Å². The number of aromatic nitrogens is 4. The van der Waals surface area contributed by atoms with E-state index >= 15 is 0 Å². The van der Waals surface area contributed by atoms with Crippen LogP contribution in [0.5, 0.6) is 0 Å². The van der Waals surface area contributed by atoms with E-state index in [0.717, 1.165) is 55.3 Å². The number of hydrogen-bond donors (Lipinski definition) is 0. The third kappa shape index (κ3) is 5.13. The number of para-hydroxylation sites is 1. The summed E-state index contributed by atoms with van der Waals surface area (Å²) in [5.41, 5.74) is 8.10. The lowest BCUT2D eigenvalue weighted by Crippen LogP contribution is -2.04. The zero-order valence-electron chi connectivity index (χ0n) is 25.9. The molecule has 226 valence electrons. The van der Waals surface area contributed by atoms with Crippen LogP contribution in [0.15, 0.2) is 140 Å². The molecule has 0 saturated heterocycles. The summed E-state index contributed by atoms with van der Waals surface area (Å²) in [5, 5.41) is 12.0. The van der Waals surface area contributed by atoms with Gasteiger partial charge >= 0.3 is 0 Å². The third-order valence-corrected chi connectivity index (χ3v) is 8.52. The van der Waals surface area contributed by atoms with Gasteiger partial charge in [-0.2, -0.15) is 5.26 Å². The van der Waals surface area contributed by atoms with Gasteiger partial charge in [0.05, 0.1) is 41.5 Å². The van der Waals surface area contributed by atoms with Gasteiger partial charge in [-0.1, -0.05) is 103 Å². The molecular formula is C42H23N7. The Morgan fingerprint density at radius 2 is 1.16 bits per heavy atom. The Bertz CT molecular complexity index is 2630. The quantitative estimate of drug-likeness (QED) is 0.178. The molecule has 0 radical (unpaired) electrons. The van der Waals surface area contributed by atoms with Crippen LogP contribution in [-0.2, 0) is 0 Å². The van der Waals surface area contributed by atoms with E-state index in [2.05, 4.69) is 38.5 Å². The summed E-state index contributed by atoms with van der Waals surface area (Å²) in [7, 11) is 0. The molecule has 0 amide bonds. The molecule has 0 atom stereocenters. The van der Waals surface area contributed by atoms with Crippen LogP contribution in [0, 0.1) is 24.5 Å². The normalized spacial score (nSPS) is 10.8. The van der Waals surface area contributed by atoms with E-state index in [1.54, 1.807) is 18.2 Å². The molecule has 0 N–H and O–H groups in total. The second-order valence-electron chi connectivity index (χ2n) is 11.4. The van der Waals surface area contributed by atoms with Gasteiger partial charge in [0.2, 0.25) is 0 Å². The number of fused-ring (bicyclic) bond motifs is 3. The molecule has 0 aliphatic carbocycles. The van der Waals surface area contributed by atoms with E-state index in [-0.39, 0.29) is 0 Å². The van der Waals surface area contributed by atoms with Crippen LogP contribution in [0.4, 0.5) is 11.4 Å². The summed E-state index contributed by atoms with van der Waals surface area (Å²) >= 11 is 0. The van der Waals surface area contributed by atoms with E-state index in [1.165, 1.54) is 0 Å². The highest BCUT2D eigenvalue weighted by molar-refractivity contribution is 6.11. The molecule has 49 heavy (non-hydrogen) atoms. The molecule has 0 aliphatic heterocycles. The molecule has 0 unspecified atom stereocenters. The van der Waals surface area contributed by atoms with Gasteiger partial charge in [-0.3, -0.25) is 0 Å². The van der Waals surface area contributed by atoms with Crippen molar-refractivity contribution in [2.24, 2.45) is 0 Å². The molecule has 2 heterocycles. The van der Waals surface area contributed by atoms with E-state index in [1.807, 2.05) is 103 Å². The van der Waals surface area contributed by atoms with Crippen LogP contribution in [0.2, 0.25) is 0 Å². The minimum atomic E-state index is 0.430. The zero-order chi connectivity index (χ0) is 33.3. The fraction of sp³-hybridized carbons (Fsp3) is 0. The molecule has 0 bridgehead atoms. The van der Waals surface area contributed by atoms with Gasteiger partial charge in [-0.05, 0) is 47.5 Å². The number of nitriles is 1. The zero-order valence-corrected chi connectivity index (χ0v) is 25.9. The topological polar surface area (TPSA) is 76.1 Å². The van der Waals surface area contributed by atoms with Gasteiger partial charge < -0.3 is 4.57 Å². The van der Waals surface area contributed by atoms with E-state index < -0.39 is 0 Å². The third-order valence-electron chi connectivity index (χ3n) is 8.52. The Labute approximate surface area is 282 Å². The number of rotatable bonds is 5. The van der Waals surface area contributed by atoms with E-state index in [0.29, 0.717) is 34.4 Å². The molecule has 8 aromatic rings. The minimum absolute atomic E-state index is 0.430. The molecule has 7 heteroatoms. The molecule has 0 saturated carbocycles. The summed E-state index contributed by atoms with van der Waals surface area (Å²) in [4.78, 5) is 22.1. The van der Waals surface area contributed by atoms with Gasteiger partial charge in [-0.15, -0.1) is 0 Å². The van der Waals surface area contributed by atoms with Crippen molar-refractivity contribution >= 4 is 33.2 Å². The Morgan fingerprint density at radius 3 is 1.84 bits per heavy atom. The first-order valence-electron chi connectivity index (χ1n) is 15.5. The van der Waals surface area contributed by atoms with Gasteiger partial charge in [0.1, 0.15) is 0 Å². The van der Waals surface area contributed by atoms with Crippen LogP contribution in [0.3, 0.4) is 0 Å². The summed E-state index contributed by atoms with van der Waals surface area (Å²) < 4.78 is 2.15. The van der Waals surface area contributed by atoms with E-state index in [9.17, 15) is 5.26 Å². The van der Waals surface area contributed by atoms with Gasteiger partial charge in [-0.25, -0.2) is 24.6 Å². The SMILES string of the molecule is [C-]#[N+]c1ccc(-c2ccc3c(c2)c2ccccc2n3-c2cc(C#N)ccc2-c2nc(-c3ccccc3)nc(-c3ccccc3)n2)c([N+]#[C-])c1. The maximum Gasteiger partial charge on any atom is 0.184 e. The second-order valence-corrected chi connectivity index (χ2v) is 11.4. The predicted octanol–water partition coefficient (Wildman–Crippen LogP) is 10.6. The fourth-order valence-corrected chi connectivity index (χ4v) is 6.23. The summed E-state index contributed by atoms with van der Waals surface area (Å²) in [6.07, 6.45) is 0. The first-order chi connectivity index (χ1) is 24.1. The van der Waals surface area contributed by atoms with Crippen molar-refractivity contribution in [2.45, 2.75) is 0 Å². The van der Waals surface area contributed by atoms with Crippen LogP contribution in [0.25, 0.3) is 82.5 Å². The Balaban J connectivity index is 1.39. The predicted molar refractivity (Wildman–Crippen MR) is 193 cm³/mol. The number of hydrogen-bond acceptors (Lipinski definition) is 4. The van der Waals surface area contributed by atoms with Crippen LogP contribution < -0.4 is 0 Å². The van der Waals surface area contributed by atoms with Crippen molar-refractivity contribution in [3.8, 4) is 57.0 Å². The van der Waals surface area contributed by atoms with Crippen molar-refractivity contribution in [1.29, 1.82) is 5.26 Å². The Hall–Kier alpha value is -7.40. The average molecular weight is 626 g/mol. The average Bonchev–Trinajstić information content (AvgIpc) is 3.51. The van der Waals surface area contributed by atoms with Crippen LogP contribution in [-0.4, -0.2) is 19.5 Å². The largest absolute Gasteiger partial charge is 0.308 e. The van der Waals surface area contributed by atoms with Gasteiger partial charge in [0.15, 0.2) is 28.8 Å². The maximum absolute atomic E-state index is 10.0. The van der Waals surface area contributed by atoms with Crippen molar-refractivity contribution in [3.63, 3.8) is 0 Å². The lowest BCUT2D eigenvalue weighted by atomic mass is 10.0. The highest BCUT2D eigenvalue weighted by Gasteiger charge is 2.20. The summed E-state index contributed by atoms with van der Waals surface area (Å²) in [6, 6.07) is 47.0. The highest BCUT2D eigenvalue weighted by atomic mass is 15.1. The molecule has 2 aromatic heterocycles. The van der Waals surface area contributed by atoms with Gasteiger partial charge in [0.25, 0.3) is 0 Å². The molecular weight excluding hydrogens is 603 g/mol. The Kier molecular flexibility index (Phi) is 7.16. The van der Waals surface area contributed by atoms with Crippen LogP contribution >= 0.6 is 0 Å². The highest BCUT2D eigenvalue weighted by Crippen LogP contribution is 2.40. The van der Waals surface area contributed by atoms with Crippen molar-refractivity contribution in [2.75, 3.05) is 0 Å². The maximum atomic E-state index is 10.0. The molecule has 0 aliphatic rings. The second kappa shape index (κ2) is 12.1. The van der Waals surface area contributed by atoms with Crippen molar-refractivity contribution in [3.05, 3.63) is 168 Å². The lowest BCUT2D eigenvalue weighted by Gasteiger charge is -2.15. The molecule has 0 fully saturated rings. The number of benzene rings is 6. The first-order valence-corrected chi connectivity index (χ1v) is 15.5. The van der Waals surface area contributed by atoms with Crippen LogP contribution in [0.1, 0.15) is 5.56 Å². The number of nitrogens with zero attached hydrogens (tertiary/aromatic N) is 7. The summed E-state index contributed by atoms with van der Waals surface area (Å²) in [5.74, 6) is 1.58. The monoisotopic (exact) mass is 625 g/mol.